The molecule has 0 spiro atoms. The van der Waals surface area contributed by atoms with Crippen LogP contribution in [0.3, 0.4) is 0 Å². The van der Waals surface area contributed by atoms with E-state index < -0.39 is 0 Å². The highest BCUT2D eigenvalue weighted by Gasteiger charge is 2.07. The number of aromatic nitrogens is 1. The van der Waals surface area contributed by atoms with Crippen LogP contribution in [0.4, 0.5) is 11.4 Å². The van der Waals surface area contributed by atoms with Crippen LogP contribution < -0.4 is 16.2 Å². The van der Waals surface area contributed by atoms with Gasteiger partial charge >= 0.3 is 0 Å². The number of nitrogens with zero attached hydrogens (tertiary/aromatic N) is 2. The number of benzene rings is 2. The van der Waals surface area contributed by atoms with E-state index in [9.17, 15) is 9.59 Å². The van der Waals surface area contributed by atoms with Gasteiger partial charge in [0.15, 0.2) is 0 Å². The smallest absolute Gasteiger partial charge is 0.258 e. The number of hydrogen-bond acceptors (Lipinski definition) is 4. The maximum atomic E-state index is 12.8. The summed E-state index contributed by atoms with van der Waals surface area (Å²) in [5, 5.41) is 0. The van der Waals surface area contributed by atoms with Gasteiger partial charge in [0, 0.05) is 30.2 Å². The Bertz CT molecular complexity index is 944. The second-order valence-corrected chi connectivity index (χ2v) is 6.19. The minimum absolute atomic E-state index is 0.0422. The summed E-state index contributed by atoms with van der Waals surface area (Å²) < 4.78 is 1.69. The Balaban J connectivity index is 1.84. The summed E-state index contributed by atoms with van der Waals surface area (Å²) in [6.45, 7) is 0.835. The summed E-state index contributed by atoms with van der Waals surface area (Å²) >= 11 is 0. The molecule has 2 aromatic carbocycles. The summed E-state index contributed by atoms with van der Waals surface area (Å²) in [7, 11) is 1.87. The Morgan fingerprint density at radius 1 is 1.04 bits per heavy atom. The minimum atomic E-state index is -0.0422. The van der Waals surface area contributed by atoms with Crippen LogP contribution in [0, 0.1) is 0 Å². The van der Waals surface area contributed by atoms with Gasteiger partial charge in [0.2, 0.25) is 0 Å². The quantitative estimate of drug-likeness (QED) is 0.550. The first-order valence-electron chi connectivity index (χ1n) is 8.37. The molecule has 0 aliphatic rings. The minimum Gasteiger partial charge on any atom is -0.399 e. The zero-order chi connectivity index (χ0) is 18.5. The molecule has 0 aliphatic carbocycles. The van der Waals surface area contributed by atoms with Crippen LogP contribution in [0.5, 0.6) is 0 Å². The average Bonchev–Trinajstić information content (AvgIpc) is 2.65. The van der Waals surface area contributed by atoms with Crippen LogP contribution in [0.1, 0.15) is 5.56 Å². The fourth-order valence-corrected chi connectivity index (χ4v) is 2.81. The first-order valence-corrected chi connectivity index (χ1v) is 8.37. The number of likely N-dealkylation sites (N-methyl/N-ethyl adjacent to an activating group) is 1. The van der Waals surface area contributed by atoms with Crippen molar-refractivity contribution >= 4 is 17.7 Å². The molecule has 1 heterocycles. The van der Waals surface area contributed by atoms with E-state index in [2.05, 4.69) is 0 Å². The van der Waals surface area contributed by atoms with Crippen molar-refractivity contribution < 1.29 is 4.79 Å². The van der Waals surface area contributed by atoms with E-state index in [1.807, 2.05) is 60.5 Å². The van der Waals surface area contributed by atoms with E-state index in [-0.39, 0.29) is 5.56 Å². The van der Waals surface area contributed by atoms with Crippen molar-refractivity contribution in [1.82, 2.24) is 4.57 Å². The molecule has 0 bridgehead atoms. The van der Waals surface area contributed by atoms with Crippen LogP contribution >= 0.6 is 0 Å². The molecule has 0 aliphatic heterocycles. The fraction of sp³-hybridized carbons (Fsp3) is 0.143. The molecular weight excluding hydrogens is 326 g/mol. The molecular formula is C21H21N3O2. The van der Waals surface area contributed by atoms with Gasteiger partial charge in [0.1, 0.15) is 6.29 Å². The van der Waals surface area contributed by atoms with Crippen LogP contribution in [-0.2, 0) is 11.3 Å². The van der Waals surface area contributed by atoms with Gasteiger partial charge in [0.05, 0.1) is 13.1 Å². The third-order valence-corrected chi connectivity index (χ3v) is 4.32. The highest BCUT2D eigenvalue weighted by molar-refractivity contribution is 5.64. The molecule has 0 fully saturated rings. The number of carbonyl (C=O) groups is 1. The number of nitrogens with two attached hydrogens (primary N) is 1. The molecule has 0 unspecified atom stereocenters. The SMILES string of the molecule is CN(CC=O)c1ccc(Cn2cccc(-c3ccc(N)cc3)c2=O)cc1. The normalized spacial score (nSPS) is 10.5. The number of hydrogen-bond donors (Lipinski definition) is 1. The van der Waals surface area contributed by atoms with Crippen molar-refractivity contribution in [3.05, 3.63) is 82.8 Å². The molecule has 0 saturated carbocycles. The number of anilines is 2. The van der Waals surface area contributed by atoms with Gasteiger partial charge in [-0.1, -0.05) is 24.3 Å². The number of aldehydes is 1. The largest absolute Gasteiger partial charge is 0.399 e. The molecule has 26 heavy (non-hydrogen) atoms. The number of pyridine rings is 1. The molecule has 0 atom stereocenters. The van der Waals surface area contributed by atoms with E-state index in [1.54, 1.807) is 22.9 Å². The lowest BCUT2D eigenvalue weighted by Crippen LogP contribution is -2.21. The molecule has 2 N–H and O–H groups in total. The Kier molecular flexibility index (Phi) is 5.17. The molecule has 1 aromatic heterocycles. The predicted octanol–water partition coefficient (Wildman–Crippen LogP) is 2.78. The van der Waals surface area contributed by atoms with Gasteiger partial charge in [-0.25, -0.2) is 0 Å². The summed E-state index contributed by atoms with van der Waals surface area (Å²) in [4.78, 5) is 25.3. The van der Waals surface area contributed by atoms with Gasteiger partial charge in [0.25, 0.3) is 5.56 Å². The lowest BCUT2D eigenvalue weighted by atomic mass is 10.1. The first kappa shape index (κ1) is 17.5. The third-order valence-electron chi connectivity index (χ3n) is 4.32. The molecule has 132 valence electrons. The average molecular weight is 347 g/mol. The van der Waals surface area contributed by atoms with Crippen LogP contribution in [0.15, 0.2) is 71.7 Å². The molecule has 0 amide bonds. The first-order chi connectivity index (χ1) is 12.6. The maximum Gasteiger partial charge on any atom is 0.258 e. The van der Waals surface area contributed by atoms with Crippen LogP contribution in [-0.4, -0.2) is 24.4 Å². The maximum absolute atomic E-state index is 12.8. The Labute approximate surface area is 152 Å². The molecule has 0 saturated heterocycles. The van der Waals surface area contributed by atoms with E-state index in [4.69, 9.17) is 5.73 Å². The van der Waals surface area contributed by atoms with Crippen molar-refractivity contribution in [2.24, 2.45) is 0 Å². The molecule has 5 nitrogen and oxygen atoms in total. The highest BCUT2D eigenvalue weighted by atomic mass is 16.1. The number of carbonyl (C=O) groups excluding carboxylic acids is 1. The van der Waals surface area contributed by atoms with Crippen molar-refractivity contribution in [3.63, 3.8) is 0 Å². The Morgan fingerprint density at radius 3 is 2.38 bits per heavy atom. The van der Waals surface area contributed by atoms with Gasteiger partial charge in [-0.15, -0.1) is 0 Å². The van der Waals surface area contributed by atoms with Gasteiger partial charge in [-0.3, -0.25) is 4.79 Å². The van der Waals surface area contributed by atoms with Gasteiger partial charge in [-0.05, 0) is 47.5 Å². The monoisotopic (exact) mass is 347 g/mol. The molecule has 3 aromatic rings. The zero-order valence-corrected chi connectivity index (χ0v) is 14.6. The highest BCUT2D eigenvalue weighted by Crippen LogP contribution is 2.18. The summed E-state index contributed by atoms with van der Waals surface area (Å²) in [6, 6.07) is 18.8. The van der Waals surface area contributed by atoms with E-state index in [0.29, 0.717) is 24.3 Å². The summed E-state index contributed by atoms with van der Waals surface area (Å²) in [5.74, 6) is 0. The van der Waals surface area contributed by atoms with E-state index >= 15 is 0 Å². The van der Waals surface area contributed by atoms with Crippen molar-refractivity contribution in [2.45, 2.75) is 6.54 Å². The van der Waals surface area contributed by atoms with Crippen molar-refractivity contribution in [3.8, 4) is 11.1 Å². The zero-order valence-electron chi connectivity index (χ0n) is 14.6. The van der Waals surface area contributed by atoms with E-state index in [0.717, 1.165) is 23.1 Å². The van der Waals surface area contributed by atoms with Gasteiger partial charge in [-0.2, -0.15) is 0 Å². The van der Waals surface area contributed by atoms with Gasteiger partial charge < -0.3 is 20.0 Å². The van der Waals surface area contributed by atoms with Crippen molar-refractivity contribution in [2.75, 3.05) is 24.2 Å². The summed E-state index contributed by atoms with van der Waals surface area (Å²) in [5.41, 5.74) is 9.83. The second-order valence-electron chi connectivity index (χ2n) is 6.19. The van der Waals surface area contributed by atoms with Crippen LogP contribution in [0.2, 0.25) is 0 Å². The fourth-order valence-electron chi connectivity index (χ4n) is 2.81. The standard InChI is InChI=1S/C21H21N3O2/c1-23(13-14-25)19-10-4-16(5-11-19)15-24-12-2-3-20(21(24)26)17-6-8-18(22)9-7-17/h2-12,14H,13,15,22H2,1H3. The van der Waals surface area contributed by atoms with Crippen LogP contribution in [0.25, 0.3) is 11.1 Å². The Morgan fingerprint density at radius 2 is 1.73 bits per heavy atom. The predicted molar refractivity (Wildman–Crippen MR) is 105 cm³/mol. The lowest BCUT2D eigenvalue weighted by Gasteiger charge is -2.16. The topological polar surface area (TPSA) is 68.3 Å². The number of nitrogen functional groups attached to an aromatic ring is 1. The summed E-state index contributed by atoms with van der Waals surface area (Å²) in [6.07, 6.45) is 2.66. The van der Waals surface area contributed by atoms with E-state index in [1.165, 1.54) is 0 Å². The Hall–Kier alpha value is -3.34. The lowest BCUT2D eigenvalue weighted by molar-refractivity contribution is -0.106. The molecule has 0 radical (unpaired) electrons. The second kappa shape index (κ2) is 7.70. The third kappa shape index (κ3) is 3.83. The molecule has 3 rings (SSSR count). The van der Waals surface area contributed by atoms with Crippen molar-refractivity contribution in [1.29, 1.82) is 0 Å². The number of rotatable bonds is 6. The molecule has 5 heteroatoms.